The Labute approximate surface area is 129 Å². The summed E-state index contributed by atoms with van der Waals surface area (Å²) in [6.45, 7) is 1.51. The Morgan fingerprint density at radius 3 is 2.47 bits per heavy atom. The molecule has 0 N–H and O–H groups in total. The molecule has 2 nitrogen and oxygen atoms in total. The Bertz CT molecular complexity index is 641. The van der Waals surface area contributed by atoms with Gasteiger partial charge in [0.25, 0.3) is 0 Å². The maximum Gasteiger partial charge on any atom is 0.160 e. The summed E-state index contributed by atoms with van der Waals surface area (Å²) in [6, 6.07) is 10.1. The van der Waals surface area contributed by atoms with Gasteiger partial charge in [0.1, 0.15) is 11.5 Å². The number of Topliss-reactive ketones (excluding diaryl/α,β-unsaturated/α-hetero) is 1. The first kappa shape index (κ1) is 14.4. The van der Waals surface area contributed by atoms with Crippen molar-refractivity contribution in [2.75, 3.05) is 0 Å². The lowest BCUT2D eigenvalue weighted by Gasteiger charge is -2.09. The smallest absolute Gasteiger partial charge is 0.160 e. The third kappa shape index (κ3) is 3.50. The number of carbonyl (C=O) groups excluding carboxylic acids is 1. The van der Waals surface area contributed by atoms with Crippen LogP contribution in [0.3, 0.4) is 0 Å². The lowest BCUT2D eigenvalue weighted by molar-refractivity contribution is 0.101. The molecule has 0 aliphatic rings. The SMILES string of the molecule is CC(=O)c1ccc(Oc2ccc(Cl)cc2Cl)cc1Br. The summed E-state index contributed by atoms with van der Waals surface area (Å²) >= 11 is 15.2. The van der Waals surface area contributed by atoms with Crippen LogP contribution in [0.2, 0.25) is 10.0 Å². The van der Waals surface area contributed by atoms with Gasteiger partial charge in [-0.05, 0) is 59.3 Å². The van der Waals surface area contributed by atoms with Crippen LogP contribution in [0.15, 0.2) is 40.9 Å². The van der Waals surface area contributed by atoms with Crippen LogP contribution in [0.25, 0.3) is 0 Å². The molecule has 0 saturated carbocycles. The molecule has 2 aromatic carbocycles. The van der Waals surface area contributed by atoms with Gasteiger partial charge in [0.2, 0.25) is 0 Å². The van der Waals surface area contributed by atoms with Crippen molar-refractivity contribution in [2.24, 2.45) is 0 Å². The minimum Gasteiger partial charge on any atom is -0.456 e. The number of halogens is 3. The van der Waals surface area contributed by atoms with Gasteiger partial charge in [0.05, 0.1) is 5.02 Å². The topological polar surface area (TPSA) is 26.3 Å². The predicted octanol–water partition coefficient (Wildman–Crippen LogP) is 5.75. The van der Waals surface area contributed by atoms with E-state index in [1.54, 1.807) is 36.4 Å². The molecular formula is C14H9BrCl2O2. The summed E-state index contributed by atoms with van der Waals surface area (Å²) in [5, 5.41) is 0.977. The number of carbonyl (C=O) groups is 1. The molecule has 98 valence electrons. The number of ether oxygens (including phenoxy) is 1. The van der Waals surface area contributed by atoms with Crippen LogP contribution in [-0.4, -0.2) is 5.78 Å². The van der Waals surface area contributed by atoms with Gasteiger partial charge in [-0.3, -0.25) is 4.79 Å². The van der Waals surface area contributed by atoms with Gasteiger partial charge in [-0.15, -0.1) is 0 Å². The average molecular weight is 360 g/mol. The summed E-state index contributed by atoms with van der Waals surface area (Å²) in [7, 11) is 0. The summed E-state index contributed by atoms with van der Waals surface area (Å²) in [5.41, 5.74) is 0.606. The number of hydrogen-bond acceptors (Lipinski definition) is 2. The molecule has 0 amide bonds. The van der Waals surface area contributed by atoms with Crippen molar-refractivity contribution in [1.29, 1.82) is 0 Å². The van der Waals surface area contributed by atoms with Gasteiger partial charge in [0, 0.05) is 15.1 Å². The molecule has 0 saturated heterocycles. The molecule has 0 atom stereocenters. The highest BCUT2D eigenvalue weighted by molar-refractivity contribution is 9.10. The second-order valence-electron chi connectivity index (χ2n) is 3.87. The molecule has 19 heavy (non-hydrogen) atoms. The standard InChI is InChI=1S/C14H9BrCl2O2/c1-8(18)11-4-3-10(7-12(11)15)19-14-5-2-9(16)6-13(14)17/h2-7H,1H3. The Morgan fingerprint density at radius 1 is 1.16 bits per heavy atom. The zero-order chi connectivity index (χ0) is 14.0. The van der Waals surface area contributed by atoms with Crippen LogP contribution >= 0.6 is 39.1 Å². The lowest BCUT2D eigenvalue weighted by atomic mass is 10.1. The van der Waals surface area contributed by atoms with Crippen molar-refractivity contribution in [1.82, 2.24) is 0 Å². The van der Waals surface area contributed by atoms with Crippen molar-refractivity contribution < 1.29 is 9.53 Å². The Hall–Kier alpha value is -1.03. The first-order valence-electron chi connectivity index (χ1n) is 5.41. The van der Waals surface area contributed by atoms with Gasteiger partial charge >= 0.3 is 0 Å². The molecule has 0 unspecified atom stereocenters. The number of hydrogen-bond donors (Lipinski definition) is 0. The van der Waals surface area contributed by atoms with Crippen LogP contribution in [0.1, 0.15) is 17.3 Å². The van der Waals surface area contributed by atoms with E-state index in [0.29, 0.717) is 31.6 Å². The number of ketones is 1. The Kier molecular flexibility index (Phi) is 4.50. The van der Waals surface area contributed by atoms with Crippen LogP contribution in [0.4, 0.5) is 0 Å². The van der Waals surface area contributed by atoms with E-state index in [-0.39, 0.29) is 5.78 Å². The fourth-order valence-electron chi connectivity index (χ4n) is 1.53. The minimum absolute atomic E-state index is 0.0112. The Morgan fingerprint density at radius 2 is 1.89 bits per heavy atom. The number of rotatable bonds is 3. The van der Waals surface area contributed by atoms with Crippen LogP contribution in [0.5, 0.6) is 11.5 Å². The molecule has 0 heterocycles. The summed E-state index contributed by atoms with van der Waals surface area (Å²) < 4.78 is 6.33. The molecule has 5 heteroatoms. The number of benzene rings is 2. The molecule has 0 fully saturated rings. The van der Waals surface area contributed by atoms with E-state index in [2.05, 4.69) is 15.9 Å². The first-order chi connectivity index (χ1) is 8.97. The van der Waals surface area contributed by atoms with Gasteiger partial charge in [-0.1, -0.05) is 23.2 Å². The fraction of sp³-hybridized carbons (Fsp3) is 0.0714. The maximum atomic E-state index is 11.3. The molecule has 0 aromatic heterocycles. The highest BCUT2D eigenvalue weighted by Crippen LogP contribution is 2.33. The third-order valence-corrected chi connectivity index (χ3v) is 3.63. The zero-order valence-electron chi connectivity index (χ0n) is 9.91. The summed E-state index contributed by atoms with van der Waals surface area (Å²) in [6.07, 6.45) is 0. The second kappa shape index (κ2) is 5.95. The van der Waals surface area contributed by atoms with Crippen molar-refractivity contribution in [3.63, 3.8) is 0 Å². The predicted molar refractivity (Wildman–Crippen MR) is 80.7 cm³/mol. The van der Waals surface area contributed by atoms with Gasteiger partial charge in [0.15, 0.2) is 5.78 Å². The molecule has 0 aliphatic carbocycles. The zero-order valence-corrected chi connectivity index (χ0v) is 13.0. The molecule has 0 spiro atoms. The average Bonchev–Trinajstić information content (AvgIpc) is 2.32. The molecule has 0 bridgehead atoms. The van der Waals surface area contributed by atoms with Gasteiger partial charge in [-0.25, -0.2) is 0 Å². The molecule has 0 radical (unpaired) electrons. The van der Waals surface area contributed by atoms with Crippen LogP contribution in [0, 0.1) is 0 Å². The van der Waals surface area contributed by atoms with Crippen molar-refractivity contribution in [3.8, 4) is 11.5 Å². The third-order valence-electron chi connectivity index (χ3n) is 2.44. The fourth-order valence-corrected chi connectivity index (χ4v) is 2.61. The largest absolute Gasteiger partial charge is 0.456 e. The van der Waals surface area contributed by atoms with Crippen molar-refractivity contribution in [3.05, 3.63) is 56.5 Å². The highest BCUT2D eigenvalue weighted by Gasteiger charge is 2.08. The van der Waals surface area contributed by atoms with Crippen molar-refractivity contribution >= 4 is 44.9 Å². The van der Waals surface area contributed by atoms with Crippen LogP contribution < -0.4 is 4.74 Å². The Balaban J connectivity index is 2.29. The highest BCUT2D eigenvalue weighted by atomic mass is 79.9. The minimum atomic E-state index is -0.0112. The molecule has 2 rings (SSSR count). The summed E-state index contributed by atoms with van der Waals surface area (Å²) in [5.74, 6) is 1.08. The monoisotopic (exact) mass is 358 g/mol. The van der Waals surface area contributed by atoms with E-state index < -0.39 is 0 Å². The van der Waals surface area contributed by atoms with Crippen LogP contribution in [-0.2, 0) is 0 Å². The normalized spacial score (nSPS) is 10.3. The van der Waals surface area contributed by atoms with Crippen molar-refractivity contribution in [2.45, 2.75) is 6.92 Å². The van der Waals surface area contributed by atoms with E-state index in [1.165, 1.54) is 6.92 Å². The quantitative estimate of drug-likeness (QED) is 0.652. The molecule has 0 aliphatic heterocycles. The molecular weight excluding hydrogens is 351 g/mol. The van der Waals surface area contributed by atoms with E-state index in [9.17, 15) is 4.79 Å². The lowest BCUT2D eigenvalue weighted by Crippen LogP contribution is -1.94. The van der Waals surface area contributed by atoms with E-state index in [0.717, 1.165) is 0 Å². The van der Waals surface area contributed by atoms with E-state index in [4.69, 9.17) is 27.9 Å². The second-order valence-corrected chi connectivity index (χ2v) is 5.57. The maximum absolute atomic E-state index is 11.3. The van der Waals surface area contributed by atoms with E-state index >= 15 is 0 Å². The van der Waals surface area contributed by atoms with Gasteiger partial charge < -0.3 is 4.74 Å². The van der Waals surface area contributed by atoms with E-state index in [1.807, 2.05) is 0 Å². The molecule has 2 aromatic rings. The summed E-state index contributed by atoms with van der Waals surface area (Å²) in [4.78, 5) is 11.3. The van der Waals surface area contributed by atoms with Gasteiger partial charge in [-0.2, -0.15) is 0 Å². The first-order valence-corrected chi connectivity index (χ1v) is 6.95.